The molecule has 0 radical (unpaired) electrons. The average molecular weight is 214 g/mol. The monoisotopic (exact) mass is 214 g/mol. The number of cyclic esters (lactones) is 1. The lowest BCUT2D eigenvalue weighted by atomic mass is 10.2. The molecule has 2 aliphatic rings. The first-order chi connectivity index (χ1) is 7.20. The Morgan fingerprint density at radius 1 is 1.53 bits per heavy atom. The molecule has 2 heterocycles. The fourth-order valence-electron chi connectivity index (χ4n) is 1.84. The van der Waals surface area contributed by atoms with Crippen molar-refractivity contribution in [2.75, 3.05) is 13.2 Å². The van der Waals surface area contributed by atoms with Gasteiger partial charge in [0, 0.05) is 13.0 Å². The third-order valence-corrected chi connectivity index (χ3v) is 2.66. The number of ether oxygens (including phenoxy) is 2. The summed E-state index contributed by atoms with van der Waals surface area (Å²) in [5.74, 6) is 0.00737. The number of nitrogens with one attached hydrogen (secondary N) is 1. The molecule has 2 rings (SSSR count). The highest BCUT2D eigenvalue weighted by molar-refractivity contribution is 5.88. The predicted octanol–water partition coefficient (Wildman–Crippen LogP) is 0.303. The summed E-state index contributed by atoms with van der Waals surface area (Å²) in [6.07, 6.45) is 0.896. The summed E-state index contributed by atoms with van der Waals surface area (Å²) >= 11 is 0. The third-order valence-electron chi connectivity index (χ3n) is 2.66. The van der Waals surface area contributed by atoms with Crippen LogP contribution in [0.3, 0.4) is 0 Å². The molecule has 2 N–H and O–H groups in total. The van der Waals surface area contributed by atoms with E-state index in [2.05, 4.69) is 0 Å². The predicted molar refractivity (Wildman–Crippen MR) is 50.5 cm³/mol. The van der Waals surface area contributed by atoms with Crippen LogP contribution in [-0.4, -0.2) is 47.5 Å². The number of rotatable bonds is 2. The molecule has 0 aliphatic carbocycles. The average Bonchev–Trinajstić information content (AvgIpc) is 2.66. The standard InChI is InChI=1S/C9H14N2O4/c10-7-3-4-11(9(13)15-7)8-2-1-6(5-12)14-8/h6,8,10,12H,1-5H2/t6-,8+/m0/s1. The van der Waals surface area contributed by atoms with Crippen LogP contribution >= 0.6 is 0 Å². The molecule has 0 saturated carbocycles. The Balaban J connectivity index is 1.94. The van der Waals surface area contributed by atoms with Gasteiger partial charge >= 0.3 is 6.09 Å². The van der Waals surface area contributed by atoms with Crippen molar-refractivity contribution >= 4 is 12.0 Å². The molecular formula is C9H14N2O4. The van der Waals surface area contributed by atoms with Gasteiger partial charge in [-0.3, -0.25) is 10.3 Å². The maximum atomic E-state index is 11.4. The number of carbonyl (C=O) groups excluding carboxylic acids is 1. The molecule has 2 atom stereocenters. The third kappa shape index (κ3) is 2.10. The van der Waals surface area contributed by atoms with Crippen molar-refractivity contribution in [3.8, 4) is 0 Å². The van der Waals surface area contributed by atoms with Crippen molar-refractivity contribution in [3.63, 3.8) is 0 Å². The van der Waals surface area contributed by atoms with E-state index in [1.807, 2.05) is 0 Å². The van der Waals surface area contributed by atoms with Crippen LogP contribution in [0.15, 0.2) is 0 Å². The van der Waals surface area contributed by atoms with Gasteiger partial charge in [0.25, 0.3) is 0 Å². The zero-order valence-electron chi connectivity index (χ0n) is 8.31. The minimum Gasteiger partial charge on any atom is -0.396 e. The van der Waals surface area contributed by atoms with Crippen LogP contribution in [0, 0.1) is 5.41 Å². The molecule has 6 heteroatoms. The molecule has 0 unspecified atom stereocenters. The first-order valence-electron chi connectivity index (χ1n) is 5.03. The van der Waals surface area contributed by atoms with Gasteiger partial charge in [-0.15, -0.1) is 0 Å². The van der Waals surface area contributed by atoms with E-state index in [4.69, 9.17) is 20.0 Å². The van der Waals surface area contributed by atoms with Gasteiger partial charge in [0.05, 0.1) is 12.7 Å². The van der Waals surface area contributed by atoms with Gasteiger partial charge in [-0.25, -0.2) is 4.79 Å². The molecule has 0 bridgehead atoms. The zero-order chi connectivity index (χ0) is 10.8. The van der Waals surface area contributed by atoms with Crippen molar-refractivity contribution < 1.29 is 19.4 Å². The van der Waals surface area contributed by atoms with Crippen LogP contribution in [0.25, 0.3) is 0 Å². The van der Waals surface area contributed by atoms with Crippen molar-refractivity contribution in [1.29, 1.82) is 5.41 Å². The molecule has 0 aromatic rings. The van der Waals surface area contributed by atoms with E-state index < -0.39 is 6.09 Å². The van der Waals surface area contributed by atoms with Gasteiger partial charge in [0.2, 0.25) is 0 Å². The van der Waals surface area contributed by atoms with Crippen LogP contribution in [0.2, 0.25) is 0 Å². The van der Waals surface area contributed by atoms with E-state index in [9.17, 15) is 4.79 Å². The highest BCUT2D eigenvalue weighted by Crippen LogP contribution is 2.24. The van der Waals surface area contributed by atoms with Crippen LogP contribution in [0.5, 0.6) is 0 Å². The topological polar surface area (TPSA) is 82.9 Å². The van der Waals surface area contributed by atoms with Crippen molar-refractivity contribution in [2.45, 2.75) is 31.6 Å². The molecule has 2 saturated heterocycles. The molecule has 1 amide bonds. The number of aliphatic hydroxyl groups is 1. The Morgan fingerprint density at radius 2 is 2.33 bits per heavy atom. The first-order valence-corrected chi connectivity index (χ1v) is 5.03. The number of nitrogens with zero attached hydrogens (tertiary/aromatic N) is 1. The maximum Gasteiger partial charge on any atom is 0.418 e. The second-order valence-corrected chi connectivity index (χ2v) is 3.71. The molecule has 0 spiro atoms. The zero-order valence-corrected chi connectivity index (χ0v) is 8.31. The van der Waals surface area contributed by atoms with E-state index in [1.165, 1.54) is 4.90 Å². The van der Waals surface area contributed by atoms with E-state index in [0.717, 1.165) is 6.42 Å². The molecular weight excluding hydrogens is 200 g/mol. The molecule has 2 aliphatic heterocycles. The number of hydrogen-bond donors (Lipinski definition) is 2. The second-order valence-electron chi connectivity index (χ2n) is 3.71. The summed E-state index contributed by atoms with van der Waals surface area (Å²) in [7, 11) is 0. The van der Waals surface area contributed by atoms with Crippen LogP contribution in [0.1, 0.15) is 19.3 Å². The van der Waals surface area contributed by atoms with Gasteiger partial charge in [0.1, 0.15) is 6.23 Å². The molecule has 2 fully saturated rings. The van der Waals surface area contributed by atoms with Gasteiger partial charge in [0.15, 0.2) is 5.90 Å². The van der Waals surface area contributed by atoms with Gasteiger partial charge in [-0.1, -0.05) is 0 Å². The Labute approximate surface area is 87.3 Å². The first kappa shape index (κ1) is 10.4. The van der Waals surface area contributed by atoms with Gasteiger partial charge in [-0.2, -0.15) is 0 Å². The lowest BCUT2D eigenvalue weighted by Crippen LogP contribution is -2.46. The number of aliphatic hydroxyl groups excluding tert-OH is 1. The lowest BCUT2D eigenvalue weighted by molar-refractivity contribution is -0.0603. The van der Waals surface area contributed by atoms with Crippen molar-refractivity contribution in [1.82, 2.24) is 4.90 Å². The van der Waals surface area contributed by atoms with Crippen LogP contribution in [-0.2, 0) is 9.47 Å². The van der Waals surface area contributed by atoms with Crippen molar-refractivity contribution in [3.05, 3.63) is 0 Å². The summed E-state index contributed by atoms with van der Waals surface area (Å²) in [6.45, 7) is 0.440. The number of carbonyl (C=O) groups is 1. The van der Waals surface area contributed by atoms with Crippen molar-refractivity contribution in [2.24, 2.45) is 0 Å². The summed E-state index contributed by atoms with van der Waals surface area (Å²) in [5, 5.41) is 16.1. The summed E-state index contributed by atoms with van der Waals surface area (Å²) in [6, 6.07) is 0. The Kier molecular flexibility index (Phi) is 2.88. The number of hydrogen-bond acceptors (Lipinski definition) is 5. The van der Waals surface area contributed by atoms with Gasteiger partial charge < -0.3 is 14.6 Å². The molecule has 15 heavy (non-hydrogen) atoms. The highest BCUT2D eigenvalue weighted by atomic mass is 16.6. The molecule has 6 nitrogen and oxygen atoms in total. The number of amides is 1. The Morgan fingerprint density at radius 3 is 2.93 bits per heavy atom. The normalized spacial score (nSPS) is 31.9. The lowest BCUT2D eigenvalue weighted by Gasteiger charge is -2.31. The molecule has 84 valence electrons. The fraction of sp³-hybridized carbons (Fsp3) is 0.778. The van der Waals surface area contributed by atoms with Crippen LogP contribution in [0.4, 0.5) is 4.79 Å². The highest BCUT2D eigenvalue weighted by Gasteiger charge is 2.35. The summed E-state index contributed by atoms with van der Waals surface area (Å²) < 4.78 is 10.2. The minimum absolute atomic E-state index is 0.00737. The quantitative estimate of drug-likeness (QED) is 0.692. The fourth-order valence-corrected chi connectivity index (χ4v) is 1.84. The minimum atomic E-state index is -0.519. The molecule has 0 aromatic heterocycles. The smallest absolute Gasteiger partial charge is 0.396 e. The van der Waals surface area contributed by atoms with E-state index >= 15 is 0 Å². The van der Waals surface area contributed by atoms with Gasteiger partial charge in [-0.05, 0) is 12.8 Å². The maximum absolute atomic E-state index is 11.4. The molecule has 0 aromatic carbocycles. The summed E-state index contributed by atoms with van der Waals surface area (Å²) in [4.78, 5) is 12.9. The Bertz CT molecular complexity index is 281. The van der Waals surface area contributed by atoms with E-state index in [0.29, 0.717) is 19.4 Å². The second kappa shape index (κ2) is 4.16. The van der Waals surface area contributed by atoms with E-state index in [1.54, 1.807) is 0 Å². The van der Waals surface area contributed by atoms with Crippen LogP contribution < -0.4 is 0 Å². The largest absolute Gasteiger partial charge is 0.418 e. The van der Waals surface area contributed by atoms with E-state index in [-0.39, 0.29) is 24.8 Å². The Hall–Kier alpha value is -1.14. The SMILES string of the molecule is N=C1CCN([C@H]2CC[C@@H](CO)O2)C(=O)O1. The summed E-state index contributed by atoms with van der Waals surface area (Å²) in [5.41, 5.74) is 0.